The van der Waals surface area contributed by atoms with Gasteiger partial charge in [-0.25, -0.2) is 0 Å². The Morgan fingerprint density at radius 3 is 2.00 bits per heavy atom. The predicted octanol–water partition coefficient (Wildman–Crippen LogP) is 0.974. The van der Waals surface area contributed by atoms with Gasteiger partial charge in [0.2, 0.25) is 0 Å². The van der Waals surface area contributed by atoms with E-state index in [-0.39, 0.29) is 17.3 Å². The van der Waals surface area contributed by atoms with Gasteiger partial charge in [-0.2, -0.15) is 8.42 Å². The molecule has 0 aliphatic heterocycles. The fourth-order valence-corrected chi connectivity index (χ4v) is 1.20. The second-order valence-corrected chi connectivity index (χ2v) is 3.16. The number of rotatable bonds is 1. The van der Waals surface area contributed by atoms with Gasteiger partial charge in [0.25, 0.3) is 10.1 Å². The van der Waals surface area contributed by atoms with E-state index in [0.717, 1.165) is 6.42 Å². The molecular weight excluding hydrogens is 164 g/mol. The van der Waals surface area contributed by atoms with Gasteiger partial charge in [-0.3, -0.25) is 4.55 Å². The van der Waals surface area contributed by atoms with E-state index in [2.05, 4.69) is 0 Å². The first kappa shape index (κ1) is 8.94. The molecule has 0 bridgehead atoms. The minimum Gasteiger partial charge on any atom is -0.282 e. The molecule has 0 aromatic heterocycles. The molecule has 0 atom stereocenters. The van der Waals surface area contributed by atoms with Crippen LogP contribution in [0, 0.1) is 0 Å². The molecule has 9 heavy (non-hydrogen) atoms. The fraction of sp³-hybridized carbons (Fsp3) is 0.500. The van der Waals surface area contributed by atoms with Gasteiger partial charge in [0, 0.05) is 0 Å². The molecule has 0 radical (unpaired) electrons. The molecule has 1 aliphatic carbocycles. The summed E-state index contributed by atoms with van der Waals surface area (Å²) in [6, 6.07) is 0. The molecule has 0 unspecified atom stereocenters. The first-order chi connectivity index (χ1) is 3.61. The van der Waals surface area contributed by atoms with E-state index in [1.54, 1.807) is 0 Å². The van der Waals surface area contributed by atoms with E-state index in [1.807, 2.05) is 0 Å². The molecule has 0 fully saturated rings. The third-order valence-electron chi connectivity index (χ3n) is 1.09. The molecule has 1 rings (SSSR count). The maximum Gasteiger partial charge on any atom is 0.290 e. The lowest BCUT2D eigenvalue weighted by molar-refractivity contribution is 0.486. The van der Waals surface area contributed by atoms with Gasteiger partial charge >= 0.3 is 0 Å². The highest BCUT2D eigenvalue weighted by atomic mass is 35.5. The SMILES string of the molecule is Cl.O=S(=O)(O)C1=CCC1. The van der Waals surface area contributed by atoms with Gasteiger partial charge in [0.1, 0.15) is 0 Å². The summed E-state index contributed by atoms with van der Waals surface area (Å²) in [6.45, 7) is 0. The van der Waals surface area contributed by atoms with Crippen LogP contribution in [0.3, 0.4) is 0 Å². The highest BCUT2D eigenvalue weighted by Crippen LogP contribution is 2.21. The lowest BCUT2D eigenvalue weighted by Crippen LogP contribution is -2.06. The third-order valence-corrected chi connectivity index (χ3v) is 2.13. The van der Waals surface area contributed by atoms with Gasteiger partial charge < -0.3 is 0 Å². The highest BCUT2D eigenvalue weighted by molar-refractivity contribution is 7.89. The number of allylic oxidation sites excluding steroid dienone is 2. The molecule has 0 heterocycles. The van der Waals surface area contributed by atoms with Crippen LogP contribution in [0.2, 0.25) is 0 Å². The van der Waals surface area contributed by atoms with Crippen molar-refractivity contribution in [3.05, 3.63) is 11.0 Å². The van der Waals surface area contributed by atoms with Crippen molar-refractivity contribution in [1.82, 2.24) is 0 Å². The average molecular weight is 171 g/mol. The first-order valence-electron chi connectivity index (χ1n) is 2.27. The summed E-state index contributed by atoms with van der Waals surface area (Å²) in [7, 11) is -3.80. The van der Waals surface area contributed by atoms with E-state index in [1.165, 1.54) is 6.08 Å². The van der Waals surface area contributed by atoms with Gasteiger partial charge in [0.15, 0.2) is 0 Å². The summed E-state index contributed by atoms with van der Waals surface area (Å²) in [5, 5.41) is 0. The van der Waals surface area contributed by atoms with Crippen molar-refractivity contribution in [3.63, 3.8) is 0 Å². The minimum atomic E-state index is -3.80. The molecule has 5 heteroatoms. The Morgan fingerprint density at radius 2 is 2.00 bits per heavy atom. The van der Waals surface area contributed by atoms with Crippen LogP contribution >= 0.6 is 12.4 Å². The highest BCUT2D eigenvalue weighted by Gasteiger charge is 2.17. The molecule has 1 aliphatic rings. The van der Waals surface area contributed by atoms with Crippen molar-refractivity contribution < 1.29 is 13.0 Å². The molecule has 0 aromatic carbocycles. The van der Waals surface area contributed by atoms with Gasteiger partial charge in [0.05, 0.1) is 4.91 Å². The number of hydrogen-bond acceptors (Lipinski definition) is 2. The molecule has 0 aromatic rings. The van der Waals surface area contributed by atoms with Crippen molar-refractivity contribution in [2.24, 2.45) is 0 Å². The predicted molar refractivity (Wildman–Crippen MR) is 36.1 cm³/mol. The van der Waals surface area contributed by atoms with Crippen molar-refractivity contribution in [3.8, 4) is 0 Å². The van der Waals surface area contributed by atoms with Crippen LogP contribution in [0.1, 0.15) is 12.8 Å². The molecule has 0 saturated heterocycles. The first-order valence-corrected chi connectivity index (χ1v) is 3.71. The second kappa shape index (κ2) is 2.68. The molecule has 0 amide bonds. The molecule has 1 N–H and O–H groups in total. The largest absolute Gasteiger partial charge is 0.290 e. The maximum atomic E-state index is 10.1. The average Bonchev–Trinajstić information content (AvgIpc) is 1.16. The molecule has 54 valence electrons. The topological polar surface area (TPSA) is 54.4 Å². The Bertz CT molecular complexity index is 216. The quantitative estimate of drug-likeness (QED) is 0.597. The summed E-state index contributed by atoms with van der Waals surface area (Å²) >= 11 is 0. The summed E-state index contributed by atoms with van der Waals surface area (Å²) in [5.74, 6) is 0. The minimum absolute atomic E-state index is 0. The maximum absolute atomic E-state index is 10.1. The van der Waals surface area contributed by atoms with E-state index >= 15 is 0 Å². The Hall–Kier alpha value is -0.0600. The molecule has 0 spiro atoms. The Balaban J connectivity index is 0.000000640. The number of halogens is 1. The fourth-order valence-electron chi connectivity index (χ4n) is 0.496. The van der Waals surface area contributed by atoms with Gasteiger partial charge in [-0.05, 0) is 12.8 Å². The zero-order chi connectivity index (χ0) is 6.20. The molecule has 3 nitrogen and oxygen atoms in total. The standard InChI is InChI=1S/C4H6O3S.ClH/c5-8(6,7)4-2-1-3-4;/h2H,1,3H2,(H,5,6,7);1H. The summed E-state index contributed by atoms with van der Waals surface area (Å²) in [6.07, 6.45) is 2.78. The zero-order valence-electron chi connectivity index (χ0n) is 4.57. The summed E-state index contributed by atoms with van der Waals surface area (Å²) < 4.78 is 28.4. The van der Waals surface area contributed by atoms with Crippen LogP contribution in [-0.2, 0) is 10.1 Å². The smallest absolute Gasteiger partial charge is 0.282 e. The van der Waals surface area contributed by atoms with Crippen LogP contribution in [0.25, 0.3) is 0 Å². The Labute approximate surface area is 59.9 Å². The monoisotopic (exact) mass is 170 g/mol. The molecular formula is C4H7ClO3S. The third kappa shape index (κ3) is 1.97. The van der Waals surface area contributed by atoms with E-state index in [9.17, 15) is 8.42 Å². The number of hydrogen-bond donors (Lipinski definition) is 1. The Morgan fingerprint density at radius 1 is 1.56 bits per heavy atom. The van der Waals surface area contributed by atoms with Crippen LogP contribution in [0.15, 0.2) is 11.0 Å². The van der Waals surface area contributed by atoms with Gasteiger partial charge in [-0.1, -0.05) is 6.08 Å². The Kier molecular flexibility index (Phi) is 2.66. The molecule has 0 saturated carbocycles. The second-order valence-electron chi connectivity index (χ2n) is 1.68. The van der Waals surface area contributed by atoms with Crippen molar-refractivity contribution in [2.45, 2.75) is 12.8 Å². The van der Waals surface area contributed by atoms with Crippen LogP contribution in [0.5, 0.6) is 0 Å². The van der Waals surface area contributed by atoms with Crippen LogP contribution in [-0.4, -0.2) is 13.0 Å². The van der Waals surface area contributed by atoms with Crippen LogP contribution < -0.4 is 0 Å². The van der Waals surface area contributed by atoms with Crippen molar-refractivity contribution >= 4 is 22.5 Å². The van der Waals surface area contributed by atoms with E-state index in [0.29, 0.717) is 6.42 Å². The zero-order valence-corrected chi connectivity index (χ0v) is 6.20. The lowest BCUT2D eigenvalue weighted by atomic mass is 10.1. The van der Waals surface area contributed by atoms with E-state index in [4.69, 9.17) is 4.55 Å². The summed E-state index contributed by atoms with van der Waals surface area (Å²) in [4.78, 5) is 0.164. The van der Waals surface area contributed by atoms with Crippen molar-refractivity contribution in [2.75, 3.05) is 0 Å². The van der Waals surface area contributed by atoms with Crippen molar-refractivity contribution in [1.29, 1.82) is 0 Å². The van der Waals surface area contributed by atoms with Crippen LogP contribution in [0.4, 0.5) is 0 Å². The normalized spacial score (nSPS) is 17.2. The van der Waals surface area contributed by atoms with E-state index < -0.39 is 10.1 Å². The summed E-state index contributed by atoms with van der Waals surface area (Å²) in [5.41, 5.74) is 0. The lowest BCUT2D eigenvalue weighted by Gasteiger charge is -2.08. The van der Waals surface area contributed by atoms with Gasteiger partial charge in [-0.15, -0.1) is 12.4 Å².